The smallest absolute Gasteiger partial charge is 0.255 e. The number of anilines is 2. The van der Waals surface area contributed by atoms with Crippen molar-refractivity contribution in [2.24, 2.45) is 5.92 Å². The van der Waals surface area contributed by atoms with Crippen LogP contribution in [0.3, 0.4) is 0 Å². The lowest BCUT2D eigenvalue weighted by molar-refractivity contribution is 0.102. The van der Waals surface area contributed by atoms with Gasteiger partial charge in [0, 0.05) is 43.1 Å². The van der Waals surface area contributed by atoms with Gasteiger partial charge in [0.05, 0.1) is 6.61 Å². The zero-order valence-electron chi connectivity index (χ0n) is 17.1. The Morgan fingerprint density at radius 1 is 1.07 bits per heavy atom. The van der Waals surface area contributed by atoms with Crippen molar-refractivity contribution in [1.82, 2.24) is 4.90 Å². The van der Waals surface area contributed by atoms with Gasteiger partial charge in [-0.3, -0.25) is 4.79 Å². The van der Waals surface area contributed by atoms with Crippen LogP contribution in [0, 0.1) is 5.92 Å². The minimum Gasteiger partial charge on any atom is -0.493 e. The lowest BCUT2D eigenvalue weighted by atomic mass is 10.2. The third-order valence-corrected chi connectivity index (χ3v) is 4.99. The second-order valence-corrected chi connectivity index (χ2v) is 7.65. The van der Waals surface area contributed by atoms with Crippen molar-refractivity contribution >= 4 is 17.3 Å². The zero-order chi connectivity index (χ0) is 19.9. The molecule has 0 radical (unpaired) electrons. The van der Waals surface area contributed by atoms with Gasteiger partial charge in [0.2, 0.25) is 0 Å². The molecular weight excluding hydrogens is 350 g/mol. The summed E-state index contributed by atoms with van der Waals surface area (Å²) in [6.07, 6.45) is 0. The van der Waals surface area contributed by atoms with Gasteiger partial charge in [-0.05, 0) is 54.9 Å². The number of piperazine rings is 1. The number of likely N-dealkylation sites (N-methyl/N-ethyl adjacent to an activating group) is 1. The standard InChI is InChI=1S/C23H31N3O2/c1-4-25-12-14-26(15-13-25)21-10-8-20(9-11-21)24-23(27)19-6-5-7-22(16-19)28-17-18(2)3/h5-11,16,18H,4,12-15,17H2,1-3H3,(H,24,27). The molecule has 1 amide bonds. The van der Waals surface area contributed by atoms with Gasteiger partial charge in [-0.25, -0.2) is 0 Å². The van der Waals surface area contributed by atoms with E-state index in [9.17, 15) is 4.79 Å². The van der Waals surface area contributed by atoms with Crippen LogP contribution in [-0.2, 0) is 0 Å². The highest BCUT2D eigenvalue weighted by Crippen LogP contribution is 2.21. The van der Waals surface area contributed by atoms with Crippen LogP contribution in [0.25, 0.3) is 0 Å². The average molecular weight is 382 g/mol. The molecule has 0 atom stereocenters. The summed E-state index contributed by atoms with van der Waals surface area (Å²) in [6.45, 7) is 12.5. The van der Waals surface area contributed by atoms with Crippen molar-refractivity contribution in [3.05, 3.63) is 54.1 Å². The van der Waals surface area contributed by atoms with Gasteiger partial charge in [-0.15, -0.1) is 0 Å². The Hall–Kier alpha value is -2.53. The second kappa shape index (κ2) is 9.60. The molecule has 0 unspecified atom stereocenters. The monoisotopic (exact) mass is 381 g/mol. The number of carbonyl (C=O) groups is 1. The lowest BCUT2D eigenvalue weighted by Crippen LogP contribution is -2.46. The first-order valence-electron chi connectivity index (χ1n) is 10.2. The number of benzene rings is 2. The van der Waals surface area contributed by atoms with Crippen LogP contribution in [0.15, 0.2) is 48.5 Å². The first kappa shape index (κ1) is 20.2. The maximum atomic E-state index is 12.6. The van der Waals surface area contributed by atoms with E-state index in [0.717, 1.165) is 44.2 Å². The van der Waals surface area contributed by atoms with Gasteiger partial charge in [-0.1, -0.05) is 26.8 Å². The molecule has 28 heavy (non-hydrogen) atoms. The molecule has 1 heterocycles. The van der Waals surface area contributed by atoms with E-state index in [1.54, 1.807) is 12.1 Å². The summed E-state index contributed by atoms with van der Waals surface area (Å²) in [5, 5.41) is 2.98. The molecular formula is C23H31N3O2. The normalized spacial score (nSPS) is 14.9. The Morgan fingerprint density at radius 3 is 2.43 bits per heavy atom. The number of nitrogens with zero attached hydrogens (tertiary/aromatic N) is 2. The largest absolute Gasteiger partial charge is 0.493 e. The number of nitrogens with one attached hydrogen (secondary N) is 1. The molecule has 2 aromatic carbocycles. The van der Waals surface area contributed by atoms with Crippen LogP contribution in [0.1, 0.15) is 31.1 Å². The van der Waals surface area contributed by atoms with Crippen LogP contribution < -0.4 is 15.0 Å². The lowest BCUT2D eigenvalue weighted by Gasteiger charge is -2.35. The summed E-state index contributed by atoms with van der Waals surface area (Å²) >= 11 is 0. The Balaban J connectivity index is 1.58. The fourth-order valence-corrected chi connectivity index (χ4v) is 3.27. The second-order valence-electron chi connectivity index (χ2n) is 7.65. The molecule has 0 aromatic heterocycles. The number of hydrogen-bond acceptors (Lipinski definition) is 4. The van der Waals surface area contributed by atoms with Crippen LogP contribution in [0.4, 0.5) is 11.4 Å². The highest BCUT2D eigenvalue weighted by Gasteiger charge is 2.16. The van der Waals surface area contributed by atoms with Crippen molar-refractivity contribution in [2.45, 2.75) is 20.8 Å². The molecule has 5 nitrogen and oxygen atoms in total. The van der Waals surface area contributed by atoms with E-state index in [-0.39, 0.29) is 5.91 Å². The van der Waals surface area contributed by atoms with Crippen LogP contribution in [0.5, 0.6) is 5.75 Å². The summed E-state index contributed by atoms with van der Waals surface area (Å²) in [6, 6.07) is 15.4. The Bertz CT molecular complexity index is 766. The average Bonchev–Trinajstić information content (AvgIpc) is 2.73. The van der Waals surface area contributed by atoms with Gasteiger partial charge in [0.1, 0.15) is 5.75 Å². The van der Waals surface area contributed by atoms with Gasteiger partial charge in [-0.2, -0.15) is 0 Å². The fourth-order valence-electron chi connectivity index (χ4n) is 3.27. The SMILES string of the molecule is CCN1CCN(c2ccc(NC(=O)c3cccc(OCC(C)C)c3)cc2)CC1. The molecule has 2 aromatic rings. The molecule has 0 saturated carbocycles. The summed E-state index contributed by atoms with van der Waals surface area (Å²) in [5.41, 5.74) is 2.60. The molecule has 0 aliphatic carbocycles. The van der Waals surface area contributed by atoms with Gasteiger partial charge in [0.15, 0.2) is 0 Å². The predicted octanol–water partition coefficient (Wildman–Crippen LogP) is 4.12. The summed E-state index contributed by atoms with van der Waals surface area (Å²) in [5.74, 6) is 1.04. The number of carbonyl (C=O) groups excluding carboxylic acids is 1. The number of ether oxygens (including phenoxy) is 1. The van der Waals surface area contributed by atoms with E-state index in [2.05, 4.69) is 48.0 Å². The molecule has 1 saturated heterocycles. The van der Waals surface area contributed by atoms with Gasteiger partial charge in [0.25, 0.3) is 5.91 Å². The molecule has 1 aliphatic rings. The molecule has 0 spiro atoms. The maximum absolute atomic E-state index is 12.6. The molecule has 1 aliphatic heterocycles. The van der Waals surface area contributed by atoms with Crippen molar-refractivity contribution in [1.29, 1.82) is 0 Å². The van der Waals surface area contributed by atoms with Gasteiger partial charge < -0.3 is 19.9 Å². The van der Waals surface area contributed by atoms with Crippen molar-refractivity contribution < 1.29 is 9.53 Å². The molecule has 5 heteroatoms. The van der Waals surface area contributed by atoms with E-state index in [1.807, 2.05) is 24.3 Å². The third kappa shape index (κ3) is 5.49. The molecule has 3 rings (SSSR count). The first-order chi connectivity index (χ1) is 13.5. The van der Waals surface area contributed by atoms with E-state index in [0.29, 0.717) is 18.1 Å². The van der Waals surface area contributed by atoms with Crippen molar-refractivity contribution in [2.75, 3.05) is 49.5 Å². The van der Waals surface area contributed by atoms with Crippen LogP contribution in [-0.4, -0.2) is 50.1 Å². The van der Waals surface area contributed by atoms with Crippen LogP contribution >= 0.6 is 0 Å². The van der Waals surface area contributed by atoms with E-state index in [1.165, 1.54) is 5.69 Å². The number of hydrogen-bond donors (Lipinski definition) is 1. The fraction of sp³-hybridized carbons (Fsp3) is 0.435. The summed E-state index contributed by atoms with van der Waals surface area (Å²) in [7, 11) is 0. The molecule has 1 N–H and O–H groups in total. The predicted molar refractivity (Wildman–Crippen MR) is 115 cm³/mol. The Labute approximate surface area is 168 Å². The number of amides is 1. The molecule has 1 fully saturated rings. The minimum atomic E-state index is -0.126. The quantitative estimate of drug-likeness (QED) is 0.784. The summed E-state index contributed by atoms with van der Waals surface area (Å²) in [4.78, 5) is 17.4. The minimum absolute atomic E-state index is 0.126. The molecule has 150 valence electrons. The van der Waals surface area contributed by atoms with E-state index in [4.69, 9.17) is 4.74 Å². The van der Waals surface area contributed by atoms with Crippen molar-refractivity contribution in [3.8, 4) is 5.75 Å². The topological polar surface area (TPSA) is 44.8 Å². The Morgan fingerprint density at radius 2 is 1.79 bits per heavy atom. The molecule has 0 bridgehead atoms. The number of rotatable bonds is 7. The highest BCUT2D eigenvalue weighted by atomic mass is 16.5. The third-order valence-electron chi connectivity index (χ3n) is 4.99. The van der Waals surface area contributed by atoms with Crippen molar-refractivity contribution in [3.63, 3.8) is 0 Å². The van der Waals surface area contributed by atoms with E-state index < -0.39 is 0 Å². The highest BCUT2D eigenvalue weighted by molar-refractivity contribution is 6.04. The zero-order valence-corrected chi connectivity index (χ0v) is 17.1. The van der Waals surface area contributed by atoms with E-state index >= 15 is 0 Å². The first-order valence-corrected chi connectivity index (χ1v) is 10.2. The van der Waals surface area contributed by atoms with Gasteiger partial charge >= 0.3 is 0 Å². The van der Waals surface area contributed by atoms with Crippen LogP contribution in [0.2, 0.25) is 0 Å². The Kier molecular flexibility index (Phi) is 6.93. The maximum Gasteiger partial charge on any atom is 0.255 e. The summed E-state index contributed by atoms with van der Waals surface area (Å²) < 4.78 is 5.72.